The Hall–Kier alpha value is -2.00. The first-order chi connectivity index (χ1) is 12.9. The summed E-state index contributed by atoms with van der Waals surface area (Å²) in [6.45, 7) is -0.375. The van der Waals surface area contributed by atoms with Gasteiger partial charge in [0.1, 0.15) is 16.6 Å². The van der Waals surface area contributed by atoms with Gasteiger partial charge in [0, 0.05) is 0 Å². The highest BCUT2D eigenvalue weighted by atomic mass is 32.2. The van der Waals surface area contributed by atoms with Crippen molar-refractivity contribution in [3.63, 3.8) is 0 Å². The topological polar surface area (TPSA) is 97.7 Å². The maximum absolute atomic E-state index is 13.3. The SMILES string of the molecule is O=S(=O)(c1ccccc1)[C@H]1[C@H](S(=O)(=O)c2ccccc2)[C@H]2O[C@@H]1C=C2CO. The fourth-order valence-electron chi connectivity index (χ4n) is 3.79. The maximum atomic E-state index is 13.3. The lowest BCUT2D eigenvalue weighted by atomic mass is 9.99. The van der Waals surface area contributed by atoms with Crippen molar-refractivity contribution < 1.29 is 26.7 Å². The highest BCUT2D eigenvalue weighted by molar-refractivity contribution is 7.96. The Balaban J connectivity index is 1.87. The van der Waals surface area contributed by atoms with Crippen LogP contribution in [0, 0.1) is 0 Å². The molecule has 0 aromatic heterocycles. The Morgan fingerprint density at radius 1 is 0.778 bits per heavy atom. The summed E-state index contributed by atoms with van der Waals surface area (Å²) in [5.41, 5.74) is 0.406. The molecule has 2 bridgehead atoms. The van der Waals surface area contributed by atoms with Gasteiger partial charge in [-0.2, -0.15) is 0 Å². The van der Waals surface area contributed by atoms with Gasteiger partial charge in [0.05, 0.1) is 22.5 Å². The first-order valence-corrected chi connectivity index (χ1v) is 11.5. The van der Waals surface area contributed by atoms with Crippen LogP contribution in [0.1, 0.15) is 0 Å². The number of aliphatic hydroxyl groups excluding tert-OH is 1. The van der Waals surface area contributed by atoms with Gasteiger partial charge in [-0.3, -0.25) is 0 Å². The molecule has 142 valence electrons. The number of benzene rings is 2. The number of hydrogen-bond donors (Lipinski definition) is 1. The van der Waals surface area contributed by atoms with E-state index in [4.69, 9.17) is 4.74 Å². The van der Waals surface area contributed by atoms with Crippen LogP contribution >= 0.6 is 0 Å². The summed E-state index contributed by atoms with van der Waals surface area (Å²) in [6.07, 6.45) is -0.355. The first-order valence-electron chi connectivity index (χ1n) is 8.42. The zero-order chi connectivity index (χ0) is 19.2. The number of rotatable bonds is 5. The Morgan fingerprint density at radius 2 is 1.26 bits per heavy atom. The third-order valence-corrected chi connectivity index (χ3v) is 9.60. The van der Waals surface area contributed by atoms with E-state index < -0.39 is 42.4 Å². The van der Waals surface area contributed by atoms with E-state index in [9.17, 15) is 21.9 Å². The predicted molar refractivity (Wildman–Crippen MR) is 98.7 cm³/mol. The molecule has 0 saturated carbocycles. The lowest BCUT2D eigenvalue weighted by molar-refractivity contribution is 0.111. The van der Waals surface area contributed by atoms with Crippen LogP contribution in [0.25, 0.3) is 0 Å². The predicted octanol–water partition coefficient (Wildman–Crippen LogP) is 1.37. The molecule has 0 amide bonds. The molecular formula is C19H18O6S2. The van der Waals surface area contributed by atoms with Crippen LogP contribution in [0.15, 0.2) is 82.1 Å². The van der Waals surface area contributed by atoms with Crippen molar-refractivity contribution in [1.82, 2.24) is 0 Å². The zero-order valence-corrected chi connectivity index (χ0v) is 15.8. The summed E-state index contributed by atoms with van der Waals surface area (Å²) in [7, 11) is -7.98. The van der Waals surface area contributed by atoms with Gasteiger partial charge >= 0.3 is 0 Å². The third-order valence-electron chi connectivity index (χ3n) is 5.04. The minimum atomic E-state index is -4.01. The number of fused-ring (bicyclic) bond motifs is 2. The number of aliphatic hydroxyl groups is 1. The van der Waals surface area contributed by atoms with Crippen molar-refractivity contribution in [2.24, 2.45) is 0 Å². The van der Waals surface area contributed by atoms with Gasteiger partial charge in [0.2, 0.25) is 0 Å². The van der Waals surface area contributed by atoms with Crippen LogP contribution in [-0.2, 0) is 24.4 Å². The molecule has 8 heteroatoms. The summed E-state index contributed by atoms with van der Waals surface area (Å²) >= 11 is 0. The van der Waals surface area contributed by atoms with Crippen LogP contribution in [0.3, 0.4) is 0 Å². The summed E-state index contributed by atoms with van der Waals surface area (Å²) in [5, 5.41) is 6.97. The van der Waals surface area contributed by atoms with Gasteiger partial charge in [-0.25, -0.2) is 16.8 Å². The van der Waals surface area contributed by atoms with Gasteiger partial charge in [-0.05, 0) is 29.8 Å². The van der Waals surface area contributed by atoms with Crippen molar-refractivity contribution in [1.29, 1.82) is 0 Å². The minimum Gasteiger partial charge on any atom is -0.392 e. The number of sulfone groups is 2. The van der Waals surface area contributed by atoms with Crippen molar-refractivity contribution in [3.8, 4) is 0 Å². The molecule has 0 unspecified atom stereocenters. The van der Waals surface area contributed by atoms with E-state index in [1.807, 2.05) is 0 Å². The standard InChI is InChI=1S/C19H18O6S2/c20-12-13-11-16-18(26(21,22)14-7-3-1-4-8-14)19(17(13)25-16)27(23,24)15-9-5-2-6-10-15/h1-11,16-20H,12H2/t16-,17+,18-,19-/m1/s1. The van der Waals surface area contributed by atoms with E-state index in [0.29, 0.717) is 5.57 Å². The monoisotopic (exact) mass is 406 g/mol. The second-order valence-electron chi connectivity index (χ2n) is 6.57. The molecule has 0 aliphatic carbocycles. The van der Waals surface area contributed by atoms with E-state index in [0.717, 1.165) is 0 Å². The fourth-order valence-corrected chi connectivity index (χ4v) is 8.43. The van der Waals surface area contributed by atoms with E-state index in [2.05, 4.69) is 0 Å². The molecule has 2 aromatic carbocycles. The molecule has 4 rings (SSSR count). The van der Waals surface area contributed by atoms with Crippen LogP contribution in [0.2, 0.25) is 0 Å². The zero-order valence-electron chi connectivity index (χ0n) is 14.2. The fraction of sp³-hybridized carbons (Fsp3) is 0.263. The average Bonchev–Trinajstić information content (AvgIpc) is 3.28. The van der Waals surface area contributed by atoms with E-state index in [1.54, 1.807) is 36.4 Å². The second kappa shape index (κ2) is 6.56. The molecule has 2 aliphatic rings. The summed E-state index contributed by atoms with van der Waals surface area (Å²) in [4.78, 5) is 0.0926. The van der Waals surface area contributed by atoms with Gasteiger partial charge in [0.25, 0.3) is 0 Å². The molecule has 2 aliphatic heterocycles. The molecule has 6 nitrogen and oxygen atoms in total. The first kappa shape index (κ1) is 18.4. The van der Waals surface area contributed by atoms with Crippen LogP contribution < -0.4 is 0 Å². The summed E-state index contributed by atoms with van der Waals surface area (Å²) < 4.78 is 58.9. The lowest BCUT2D eigenvalue weighted by Crippen LogP contribution is -2.47. The molecule has 1 saturated heterocycles. The largest absolute Gasteiger partial charge is 0.392 e. The molecule has 2 aromatic rings. The van der Waals surface area contributed by atoms with Gasteiger partial charge in [-0.1, -0.05) is 42.5 Å². The van der Waals surface area contributed by atoms with Crippen LogP contribution in [-0.4, -0.2) is 51.3 Å². The molecular weight excluding hydrogens is 388 g/mol. The van der Waals surface area contributed by atoms with Crippen LogP contribution in [0.5, 0.6) is 0 Å². The molecule has 0 spiro atoms. The molecule has 4 atom stereocenters. The Bertz CT molecular complexity index is 1080. The molecule has 1 N–H and O–H groups in total. The van der Waals surface area contributed by atoms with E-state index in [-0.39, 0.29) is 16.4 Å². The molecule has 2 heterocycles. The Morgan fingerprint density at radius 3 is 1.74 bits per heavy atom. The number of ether oxygens (including phenoxy) is 1. The van der Waals surface area contributed by atoms with Gasteiger partial charge in [-0.15, -0.1) is 0 Å². The lowest BCUT2D eigenvalue weighted by Gasteiger charge is -2.27. The highest BCUT2D eigenvalue weighted by Crippen LogP contribution is 2.44. The van der Waals surface area contributed by atoms with Crippen molar-refractivity contribution in [2.45, 2.75) is 32.5 Å². The number of hydrogen-bond acceptors (Lipinski definition) is 6. The van der Waals surface area contributed by atoms with Gasteiger partial charge in [0.15, 0.2) is 19.7 Å². The summed E-state index contributed by atoms with van der Waals surface area (Å²) in [5.74, 6) is 0. The van der Waals surface area contributed by atoms with Crippen molar-refractivity contribution in [3.05, 3.63) is 72.3 Å². The Labute approximate surface area is 158 Å². The third kappa shape index (κ3) is 2.84. The van der Waals surface area contributed by atoms with Crippen LogP contribution in [0.4, 0.5) is 0 Å². The molecule has 1 fully saturated rings. The van der Waals surface area contributed by atoms with Crippen molar-refractivity contribution in [2.75, 3.05) is 6.61 Å². The summed E-state index contributed by atoms with van der Waals surface area (Å²) in [6, 6.07) is 15.5. The normalized spacial score (nSPS) is 27.5. The van der Waals surface area contributed by atoms with E-state index >= 15 is 0 Å². The second-order valence-corrected chi connectivity index (χ2v) is 10.8. The molecule has 27 heavy (non-hydrogen) atoms. The highest BCUT2D eigenvalue weighted by Gasteiger charge is 2.60. The maximum Gasteiger partial charge on any atom is 0.185 e. The smallest absolute Gasteiger partial charge is 0.185 e. The Kier molecular flexibility index (Phi) is 4.46. The van der Waals surface area contributed by atoms with Crippen molar-refractivity contribution >= 4 is 19.7 Å². The minimum absolute atomic E-state index is 0.0386. The van der Waals surface area contributed by atoms with Gasteiger partial charge < -0.3 is 9.84 Å². The quantitative estimate of drug-likeness (QED) is 0.754. The van der Waals surface area contributed by atoms with E-state index in [1.165, 1.54) is 30.3 Å². The average molecular weight is 406 g/mol. The molecule has 0 radical (unpaired) electrons.